The molecule has 5 nitrogen and oxygen atoms in total. The molecule has 2 aliphatic heterocycles. The van der Waals surface area contributed by atoms with Gasteiger partial charge in [0, 0.05) is 18.9 Å². The van der Waals surface area contributed by atoms with Gasteiger partial charge in [0.1, 0.15) is 12.0 Å². The van der Waals surface area contributed by atoms with Crippen LogP contribution in [-0.4, -0.2) is 39.3 Å². The third-order valence-electron chi connectivity index (χ3n) is 4.25. The van der Waals surface area contributed by atoms with Gasteiger partial charge in [0.2, 0.25) is 0 Å². The molecule has 0 aliphatic carbocycles. The largest absolute Gasteiger partial charge is 0.310 e. The monoisotopic (exact) mass is 249 g/mol. The van der Waals surface area contributed by atoms with Crippen LogP contribution in [0.25, 0.3) is 0 Å². The van der Waals surface area contributed by atoms with Gasteiger partial charge in [0.25, 0.3) is 0 Å². The molecule has 18 heavy (non-hydrogen) atoms. The maximum Gasteiger partial charge on any atom is 0.155 e. The zero-order valence-corrected chi connectivity index (χ0v) is 11.2. The van der Waals surface area contributed by atoms with Gasteiger partial charge >= 0.3 is 0 Å². The predicted molar refractivity (Wildman–Crippen MR) is 70.3 cm³/mol. The molecule has 3 heterocycles. The van der Waals surface area contributed by atoms with E-state index in [-0.39, 0.29) is 6.17 Å². The first-order chi connectivity index (χ1) is 8.78. The lowest BCUT2D eigenvalue weighted by Gasteiger charge is -2.30. The Bertz CT molecular complexity index is 414. The number of aromatic nitrogens is 3. The molecule has 0 aromatic carbocycles. The summed E-state index contributed by atoms with van der Waals surface area (Å²) in [5.74, 6) is 2.63. The van der Waals surface area contributed by atoms with Crippen LogP contribution in [0.15, 0.2) is 0 Å². The van der Waals surface area contributed by atoms with Gasteiger partial charge in [0.05, 0.1) is 0 Å². The van der Waals surface area contributed by atoms with E-state index in [0.29, 0.717) is 5.92 Å². The topological polar surface area (TPSA) is 60.0 Å². The Hall–Kier alpha value is -0.940. The molecule has 0 bridgehead atoms. The smallest absolute Gasteiger partial charge is 0.155 e. The highest BCUT2D eigenvalue weighted by atomic mass is 15.4. The zero-order chi connectivity index (χ0) is 12.5. The zero-order valence-electron chi connectivity index (χ0n) is 11.2. The Morgan fingerprint density at radius 3 is 3.00 bits per heavy atom. The van der Waals surface area contributed by atoms with Crippen LogP contribution >= 0.6 is 0 Å². The summed E-state index contributed by atoms with van der Waals surface area (Å²) in [6.45, 7) is 5.68. The van der Waals surface area contributed by atoms with E-state index in [0.717, 1.165) is 44.0 Å². The highest BCUT2D eigenvalue weighted by molar-refractivity contribution is 5.04. The summed E-state index contributed by atoms with van der Waals surface area (Å²) in [5.41, 5.74) is 6.09. The number of fused-ring (bicyclic) bond motifs is 1. The molecular formula is C13H23N5. The first kappa shape index (κ1) is 12.1. The van der Waals surface area contributed by atoms with Gasteiger partial charge in [-0.1, -0.05) is 6.92 Å². The Balaban J connectivity index is 1.80. The van der Waals surface area contributed by atoms with Crippen LogP contribution in [0.4, 0.5) is 0 Å². The van der Waals surface area contributed by atoms with Crippen molar-refractivity contribution in [3.8, 4) is 0 Å². The number of nitrogens with zero attached hydrogens (tertiary/aromatic N) is 4. The number of likely N-dealkylation sites (N-methyl/N-ethyl adjacent to an activating group) is 1. The molecule has 1 aromatic rings. The van der Waals surface area contributed by atoms with Crippen molar-refractivity contribution in [3.05, 3.63) is 11.6 Å². The summed E-state index contributed by atoms with van der Waals surface area (Å²) in [7, 11) is 0. The number of piperidine rings is 1. The number of hydrogen-bond acceptors (Lipinski definition) is 4. The van der Waals surface area contributed by atoms with Gasteiger partial charge < -0.3 is 10.6 Å². The molecule has 5 heteroatoms. The average Bonchev–Trinajstić information content (AvgIpc) is 2.84. The summed E-state index contributed by atoms with van der Waals surface area (Å²) in [4.78, 5) is 7.23. The minimum Gasteiger partial charge on any atom is -0.310 e. The van der Waals surface area contributed by atoms with Crippen molar-refractivity contribution in [2.75, 3.05) is 19.6 Å². The number of hydrogen-bond donors (Lipinski definition) is 1. The van der Waals surface area contributed by atoms with E-state index in [1.54, 1.807) is 0 Å². The fourth-order valence-electron chi connectivity index (χ4n) is 3.13. The number of rotatable bonds is 2. The molecule has 0 radical (unpaired) electrons. The van der Waals surface area contributed by atoms with E-state index in [1.165, 1.54) is 19.4 Å². The summed E-state index contributed by atoms with van der Waals surface area (Å²) in [5, 5.41) is 4.68. The van der Waals surface area contributed by atoms with Crippen molar-refractivity contribution in [2.45, 2.75) is 51.1 Å². The molecule has 0 spiro atoms. The van der Waals surface area contributed by atoms with E-state index >= 15 is 0 Å². The van der Waals surface area contributed by atoms with E-state index in [9.17, 15) is 0 Å². The van der Waals surface area contributed by atoms with Crippen LogP contribution in [0, 0.1) is 0 Å². The Labute approximate surface area is 108 Å². The van der Waals surface area contributed by atoms with Crippen LogP contribution in [0.2, 0.25) is 0 Å². The minimum absolute atomic E-state index is 0.0425. The molecule has 100 valence electrons. The first-order valence-electron chi connectivity index (χ1n) is 7.21. The molecule has 2 atom stereocenters. The maximum atomic E-state index is 6.09. The molecule has 2 N–H and O–H groups in total. The minimum atomic E-state index is 0.0425. The standard InChI is InChI=1S/C13H23N5/c1-2-17-8-4-5-10(9-17)13-15-12-7-3-6-11(14)18(12)16-13/h10-11H,2-9,14H2,1H3. The fourth-order valence-corrected chi connectivity index (χ4v) is 3.13. The van der Waals surface area contributed by atoms with E-state index < -0.39 is 0 Å². The second-order valence-corrected chi connectivity index (χ2v) is 5.52. The second kappa shape index (κ2) is 4.97. The molecule has 3 rings (SSSR count). The SMILES string of the molecule is CCN1CCCC(c2nc3n(n2)C(N)CCC3)C1. The lowest BCUT2D eigenvalue weighted by atomic mass is 9.97. The van der Waals surface area contributed by atoms with Gasteiger partial charge in [-0.25, -0.2) is 9.67 Å². The van der Waals surface area contributed by atoms with E-state index in [2.05, 4.69) is 16.9 Å². The number of likely N-dealkylation sites (tertiary alicyclic amines) is 1. The van der Waals surface area contributed by atoms with Gasteiger partial charge in [-0.3, -0.25) is 0 Å². The van der Waals surface area contributed by atoms with Crippen LogP contribution in [0.1, 0.15) is 56.3 Å². The lowest BCUT2D eigenvalue weighted by Crippen LogP contribution is -2.34. The Kier molecular flexibility index (Phi) is 3.35. The highest BCUT2D eigenvalue weighted by Gasteiger charge is 2.27. The van der Waals surface area contributed by atoms with Crippen molar-refractivity contribution in [1.29, 1.82) is 0 Å². The molecule has 0 amide bonds. The summed E-state index contributed by atoms with van der Waals surface area (Å²) < 4.78 is 1.96. The average molecular weight is 249 g/mol. The molecular weight excluding hydrogens is 226 g/mol. The summed E-state index contributed by atoms with van der Waals surface area (Å²) in [6, 6.07) is 0. The van der Waals surface area contributed by atoms with E-state index in [4.69, 9.17) is 10.7 Å². The van der Waals surface area contributed by atoms with Crippen molar-refractivity contribution < 1.29 is 0 Å². The molecule has 2 unspecified atom stereocenters. The van der Waals surface area contributed by atoms with Crippen LogP contribution in [0.3, 0.4) is 0 Å². The van der Waals surface area contributed by atoms with Crippen molar-refractivity contribution >= 4 is 0 Å². The van der Waals surface area contributed by atoms with Crippen LogP contribution in [-0.2, 0) is 6.42 Å². The lowest BCUT2D eigenvalue weighted by molar-refractivity contribution is 0.213. The van der Waals surface area contributed by atoms with E-state index in [1.807, 2.05) is 4.68 Å². The second-order valence-electron chi connectivity index (χ2n) is 5.52. The van der Waals surface area contributed by atoms with Crippen LogP contribution in [0.5, 0.6) is 0 Å². The quantitative estimate of drug-likeness (QED) is 0.857. The Morgan fingerprint density at radius 2 is 2.22 bits per heavy atom. The summed E-state index contributed by atoms with van der Waals surface area (Å²) in [6.07, 6.45) is 5.72. The van der Waals surface area contributed by atoms with Crippen molar-refractivity contribution in [3.63, 3.8) is 0 Å². The molecule has 0 saturated carbocycles. The molecule has 1 fully saturated rings. The first-order valence-corrected chi connectivity index (χ1v) is 7.21. The number of aryl methyl sites for hydroxylation is 1. The molecule has 1 aromatic heterocycles. The highest BCUT2D eigenvalue weighted by Crippen LogP contribution is 2.27. The van der Waals surface area contributed by atoms with Crippen molar-refractivity contribution in [2.24, 2.45) is 5.73 Å². The fraction of sp³-hybridized carbons (Fsp3) is 0.846. The van der Waals surface area contributed by atoms with Gasteiger partial charge in [-0.15, -0.1) is 0 Å². The van der Waals surface area contributed by atoms with Gasteiger partial charge in [-0.2, -0.15) is 5.10 Å². The summed E-state index contributed by atoms with van der Waals surface area (Å²) >= 11 is 0. The molecule has 2 aliphatic rings. The van der Waals surface area contributed by atoms with Crippen molar-refractivity contribution in [1.82, 2.24) is 19.7 Å². The van der Waals surface area contributed by atoms with Gasteiger partial charge in [-0.05, 0) is 38.8 Å². The van der Waals surface area contributed by atoms with Gasteiger partial charge in [0.15, 0.2) is 5.82 Å². The van der Waals surface area contributed by atoms with Crippen LogP contribution < -0.4 is 5.73 Å². The third kappa shape index (κ3) is 2.17. The third-order valence-corrected chi connectivity index (χ3v) is 4.25. The number of nitrogens with two attached hydrogens (primary N) is 1. The maximum absolute atomic E-state index is 6.09. The normalized spacial score (nSPS) is 29.2. The predicted octanol–water partition coefficient (Wildman–Crippen LogP) is 1.27. The Morgan fingerprint density at radius 1 is 1.33 bits per heavy atom. The molecule has 1 saturated heterocycles.